The minimum absolute atomic E-state index is 0.0378. The molecule has 2 fully saturated rings. The molecule has 3 heterocycles. The van der Waals surface area contributed by atoms with E-state index in [9.17, 15) is 14.4 Å². The Labute approximate surface area is 379 Å². The molecule has 4 amide bonds. The molecular weight excluding hydrogens is 821 g/mol. The zero-order valence-corrected chi connectivity index (χ0v) is 38.4. The third-order valence-electron chi connectivity index (χ3n) is 12.6. The van der Waals surface area contributed by atoms with Gasteiger partial charge in [-0.2, -0.15) is 0 Å². The maximum absolute atomic E-state index is 15.0. The van der Waals surface area contributed by atoms with Gasteiger partial charge < -0.3 is 32.8 Å². The van der Waals surface area contributed by atoms with E-state index in [0.717, 1.165) is 66.2 Å². The smallest absolute Gasteiger partial charge is 0.334 e. The average molecular weight is 881 g/mol. The van der Waals surface area contributed by atoms with Gasteiger partial charge in [0.25, 0.3) is 11.8 Å². The Bertz CT molecular complexity index is 2890. The molecule has 2 atom stereocenters. The Kier molecular flexibility index (Phi) is 14.4. The van der Waals surface area contributed by atoms with Crippen molar-refractivity contribution in [1.82, 2.24) is 18.9 Å². The van der Waals surface area contributed by atoms with Gasteiger partial charge in [0.15, 0.2) is 0 Å². The minimum Gasteiger partial charge on any atom is -0.383 e. The lowest BCUT2D eigenvalue weighted by Crippen LogP contribution is -2.62. The van der Waals surface area contributed by atoms with Crippen molar-refractivity contribution >= 4 is 73.3 Å². The van der Waals surface area contributed by atoms with Crippen molar-refractivity contribution in [1.29, 1.82) is 0 Å². The van der Waals surface area contributed by atoms with Gasteiger partial charge in [0.2, 0.25) is 0 Å². The lowest BCUT2D eigenvalue weighted by molar-refractivity contribution is -0.139. The molecule has 8 rings (SSSR count). The number of carbonyl (C=O) groups excluding carboxylic acids is 3. The molecule has 6 aromatic rings. The fourth-order valence-electron chi connectivity index (χ4n) is 9.70. The third kappa shape index (κ3) is 8.81. The number of methoxy groups -OCH3 is 3. The molecule has 0 bridgehead atoms. The van der Waals surface area contributed by atoms with E-state index in [2.05, 4.69) is 113 Å². The number of ether oxygens (including phenoxy) is 5. The summed E-state index contributed by atoms with van der Waals surface area (Å²) in [7, 11) is 4.72. The molecule has 2 aliphatic rings. The lowest BCUT2D eigenvalue weighted by Gasteiger charge is -2.40. The number of nitrogens with zero attached hydrogens (tertiary/aromatic N) is 4. The Morgan fingerprint density at radius 2 is 1.02 bits per heavy atom. The van der Waals surface area contributed by atoms with E-state index < -0.39 is 29.9 Å². The second kappa shape index (κ2) is 20.5. The number of hydrogen-bond acceptors (Lipinski definition) is 8. The number of benzene rings is 4. The summed E-state index contributed by atoms with van der Waals surface area (Å²) in [6, 6.07) is 23.4. The van der Waals surface area contributed by atoms with E-state index in [1.807, 2.05) is 0 Å². The molecule has 1 saturated heterocycles. The lowest BCUT2D eigenvalue weighted by atomic mass is 9.94. The maximum atomic E-state index is 15.0. The SMILES string of the molecule is CCCOCCn1/c(=C/C=C2\CC/C(=C\C=c3/c4cccc5cccc(c54)n3CCOCCOC)C2=C2C(=O)N(C(C)COC)C(=O)N(C(C)COC)C2=O)c2cccc3cccc1c32. The van der Waals surface area contributed by atoms with Gasteiger partial charge in [-0.15, -0.1) is 0 Å². The Hall–Kier alpha value is -5.89. The molecule has 1 aliphatic heterocycles. The van der Waals surface area contributed by atoms with E-state index in [1.54, 1.807) is 21.0 Å². The van der Waals surface area contributed by atoms with E-state index in [4.69, 9.17) is 23.7 Å². The summed E-state index contributed by atoms with van der Waals surface area (Å²) in [6.07, 6.45) is 10.4. The first-order valence-electron chi connectivity index (χ1n) is 22.7. The highest BCUT2D eigenvalue weighted by molar-refractivity contribution is 6.30. The number of urea groups is 1. The number of hydrogen-bond donors (Lipinski definition) is 0. The molecule has 2 unspecified atom stereocenters. The quantitative estimate of drug-likeness (QED) is 0.0468. The van der Waals surface area contributed by atoms with Crippen LogP contribution < -0.4 is 10.7 Å². The van der Waals surface area contributed by atoms with Crippen LogP contribution in [-0.4, -0.2) is 116 Å². The number of carbonyl (C=O) groups is 3. The summed E-state index contributed by atoms with van der Waals surface area (Å²) in [4.78, 5) is 46.5. The Morgan fingerprint density at radius 3 is 1.46 bits per heavy atom. The summed E-state index contributed by atoms with van der Waals surface area (Å²) in [5, 5.41) is 8.82. The van der Waals surface area contributed by atoms with Crippen molar-refractivity contribution in [2.45, 2.75) is 65.2 Å². The topological polar surface area (TPSA) is 114 Å². The summed E-state index contributed by atoms with van der Waals surface area (Å²) in [5.74, 6) is -1.28. The molecule has 0 radical (unpaired) electrons. The fraction of sp³-hybridized carbons (Fsp3) is 0.377. The molecule has 12 heteroatoms. The van der Waals surface area contributed by atoms with E-state index in [1.165, 1.54) is 29.4 Å². The summed E-state index contributed by atoms with van der Waals surface area (Å²) in [6.45, 7) is 9.80. The van der Waals surface area contributed by atoms with Gasteiger partial charge >= 0.3 is 6.03 Å². The molecule has 65 heavy (non-hydrogen) atoms. The first-order valence-corrected chi connectivity index (χ1v) is 22.7. The van der Waals surface area contributed by atoms with Crippen LogP contribution in [0, 0.1) is 0 Å². The van der Waals surface area contributed by atoms with E-state index >= 15 is 0 Å². The largest absolute Gasteiger partial charge is 0.383 e. The van der Waals surface area contributed by atoms with Crippen molar-refractivity contribution in [2.75, 3.05) is 67.6 Å². The second-order valence-electron chi connectivity index (χ2n) is 16.9. The summed E-state index contributed by atoms with van der Waals surface area (Å²) >= 11 is 0. The Morgan fingerprint density at radius 1 is 0.554 bits per heavy atom. The van der Waals surface area contributed by atoms with Gasteiger partial charge in [-0.05, 0) is 84.9 Å². The summed E-state index contributed by atoms with van der Waals surface area (Å²) in [5.41, 5.74) is 4.37. The van der Waals surface area contributed by atoms with Crippen LogP contribution in [0.1, 0.15) is 40.0 Å². The van der Waals surface area contributed by atoms with Gasteiger partial charge in [-0.1, -0.05) is 79.7 Å². The van der Waals surface area contributed by atoms with Gasteiger partial charge in [-0.3, -0.25) is 19.4 Å². The second-order valence-corrected chi connectivity index (χ2v) is 16.9. The van der Waals surface area contributed by atoms with Gasteiger partial charge in [0, 0.05) is 84.3 Å². The molecule has 2 aromatic heterocycles. The number of barbiturate groups is 1. The molecule has 12 nitrogen and oxygen atoms in total. The monoisotopic (exact) mass is 880 g/mol. The number of rotatable bonds is 19. The third-order valence-corrected chi connectivity index (χ3v) is 12.6. The van der Waals surface area contributed by atoms with Crippen LogP contribution in [0.3, 0.4) is 0 Å². The predicted octanol–water partition coefficient (Wildman–Crippen LogP) is 7.49. The van der Waals surface area contributed by atoms with Crippen LogP contribution in [0.2, 0.25) is 0 Å². The number of allylic oxidation sites excluding steroid dienone is 5. The normalized spacial score (nSPS) is 18.0. The average Bonchev–Trinajstić information content (AvgIpc) is 3.94. The highest BCUT2D eigenvalue weighted by atomic mass is 16.5. The Balaban J connectivity index is 1.36. The van der Waals surface area contributed by atoms with Crippen molar-refractivity contribution in [2.24, 2.45) is 0 Å². The highest BCUT2D eigenvalue weighted by Gasteiger charge is 2.48. The van der Waals surface area contributed by atoms with E-state index in [0.29, 0.717) is 64.5 Å². The van der Waals surface area contributed by atoms with Crippen LogP contribution in [0.4, 0.5) is 4.79 Å². The zero-order chi connectivity index (χ0) is 45.6. The van der Waals surface area contributed by atoms with E-state index in [-0.39, 0.29) is 18.8 Å². The molecule has 4 aromatic carbocycles. The molecule has 0 spiro atoms. The number of aromatic nitrogens is 2. The van der Waals surface area contributed by atoms with Crippen LogP contribution in [0.15, 0.2) is 107 Å². The first-order chi connectivity index (χ1) is 31.7. The summed E-state index contributed by atoms with van der Waals surface area (Å²) < 4.78 is 32.7. The van der Waals surface area contributed by atoms with Crippen molar-refractivity contribution in [3.05, 3.63) is 118 Å². The molecule has 340 valence electrons. The van der Waals surface area contributed by atoms with Crippen LogP contribution >= 0.6 is 0 Å². The number of amides is 4. The van der Waals surface area contributed by atoms with Crippen LogP contribution in [0.5, 0.6) is 0 Å². The maximum Gasteiger partial charge on any atom is 0.334 e. The van der Waals surface area contributed by atoms with Crippen LogP contribution in [-0.2, 0) is 46.4 Å². The zero-order valence-electron chi connectivity index (χ0n) is 38.4. The molecule has 1 aliphatic carbocycles. The predicted molar refractivity (Wildman–Crippen MR) is 256 cm³/mol. The van der Waals surface area contributed by atoms with Gasteiger partial charge in [0.05, 0.1) is 51.7 Å². The fourth-order valence-corrected chi connectivity index (χ4v) is 9.70. The van der Waals surface area contributed by atoms with Crippen LogP contribution in [0.25, 0.3) is 55.5 Å². The molecular formula is C53H60N4O8. The van der Waals surface area contributed by atoms with Gasteiger partial charge in [0.1, 0.15) is 5.57 Å². The van der Waals surface area contributed by atoms with Crippen molar-refractivity contribution in [3.8, 4) is 0 Å². The highest BCUT2D eigenvalue weighted by Crippen LogP contribution is 2.41. The number of imide groups is 2. The first kappa shape index (κ1) is 45.7. The van der Waals surface area contributed by atoms with Gasteiger partial charge in [-0.25, -0.2) is 4.79 Å². The standard InChI is InChI=1S/C53H60N4O8/c1-7-28-64-29-26-54-43(41-16-8-12-37-14-10-18-45(54)48(37)41)24-22-39-20-21-40(47(39)50-51(58)56(35(2)33-62-5)53(60)57(52(50)59)36(3)34-63-6)23-25-44-42-17-9-13-38-15-11-19-46(49(38)42)55(44)27-30-65-32-31-61-4/h8-19,22-25,35-36H,7,20-21,26-34H2,1-6H3/b39-22+,40-23+,43-24+,44-25+,50-47?. The van der Waals surface area contributed by atoms with Crippen molar-refractivity contribution < 1.29 is 38.1 Å². The molecule has 0 N–H and O–H groups in total. The van der Waals surface area contributed by atoms with Crippen molar-refractivity contribution in [3.63, 3.8) is 0 Å². The minimum atomic E-state index is -0.685. The molecule has 1 saturated carbocycles.